The molecule has 1 aromatic heterocycles. The van der Waals surface area contributed by atoms with Crippen LogP contribution in [0.1, 0.15) is 97.8 Å². The van der Waals surface area contributed by atoms with Crippen molar-refractivity contribution in [2.45, 2.75) is 120 Å². The lowest BCUT2D eigenvalue weighted by Crippen LogP contribution is -2.58. The molecule has 0 aliphatic heterocycles. The van der Waals surface area contributed by atoms with E-state index in [1.165, 1.54) is 24.3 Å². The minimum Gasteiger partial charge on any atom is -0.465 e. The van der Waals surface area contributed by atoms with Gasteiger partial charge in [0.05, 0.1) is 41.9 Å². The number of ether oxygens (including phenoxy) is 2. The fraction of sp³-hybridized carbons (Fsp3) is 0.737. The van der Waals surface area contributed by atoms with E-state index in [-0.39, 0.29) is 71.3 Å². The maximum atomic E-state index is 12.9. The third kappa shape index (κ3) is 7.57. The third-order valence-corrected chi connectivity index (χ3v) is 15.3. The number of benzene rings is 1. The van der Waals surface area contributed by atoms with Crippen molar-refractivity contribution in [3.05, 3.63) is 35.5 Å². The Morgan fingerprint density at radius 2 is 1.77 bits per heavy atom. The summed E-state index contributed by atoms with van der Waals surface area (Å²) >= 11 is 0. The molecule has 4 aliphatic rings. The number of hydrogen-bond donors (Lipinski definition) is 3. The van der Waals surface area contributed by atoms with Gasteiger partial charge >= 0.3 is 16.9 Å². The lowest BCUT2D eigenvalue weighted by molar-refractivity contribution is -0.832. The maximum absolute atomic E-state index is 12.9. The van der Waals surface area contributed by atoms with Gasteiger partial charge < -0.3 is 30.2 Å². The molecule has 4 fully saturated rings. The minimum absolute atomic E-state index is 0.00703. The first-order valence-electron chi connectivity index (χ1n) is 19.1. The molecule has 0 spiro atoms. The summed E-state index contributed by atoms with van der Waals surface area (Å²) in [5.74, 6) is 1.52. The Bertz CT molecular complexity index is 1670. The number of amides is 1. The van der Waals surface area contributed by atoms with Crippen LogP contribution in [0.15, 0.2) is 44.9 Å². The van der Waals surface area contributed by atoms with Crippen LogP contribution >= 0.6 is 0 Å². The number of fused-ring (bicyclic) bond motifs is 5. The number of hydrogen-bond acceptors (Lipinski definition) is 11. The molecule has 0 saturated heterocycles. The molecule has 52 heavy (non-hydrogen) atoms. The highest BCUT2D eigenvalue weighted by Gasteiger charge is 2.62. The maximum Gasteiger partial charge on any atom is 0.414 e. The van der Waals surface area contributed by atoms with E-state index < -0.39 is 26.7 Å². The second kappa shape index (κ2) is 15.6. The van der Waals surface area contributed by atoms with Crippen LogP contribution in [0, 0.1) is 51.5 Å². The van der Waals surface area contributed by atoms with Crippen LogP contribution in [0.25, 0.3) is 0 Å². The normalized spacial score (nSPS) is 33.3. The van der Waals surface area contributed by atoms with Gasteiger partial charge in [0.2, 0.25) is 5.91 Å². The van der Waals surface area contributed by atoms with Crippen molar-refractivity contribution in [2.75, 3.05) is 19.8 Å². The molecule has 1 amide bonds. The zero-order valence-corrected chi connectivity index (χ0v) is 31.4. The lowest BCUT2D eigenvalue weighted by atomic mass is 9.43. The molecule has 4 saturated carbocycles. The average Bonchev–Trinajstić information content (AvgIpc) is 3.67. The SMILES string of the molecule is C[C@H](CCC(=O)NCCC(=O)OCCCOc1no[n+]([O-])c1S(=O)(=O)c1ccccc1)[C@H]1CC[C@H]2C3[C@@H](O)C[C@@H]4C[C@H](O)CC[C@]4(C)[C@H]3CC[C@]12C. The molecular formula is C38H55N3O10S. The van der Waals surface area contributed by atoms with Gasteiger partial charge in [-0.05, 0) is 121 Å². The van der Waals surface area contributed by atoms with Gasteiger partial charge in [-0.25, -0.2) is 8.42 Å². The summed E-state index contributed by atoms with van der Waals surface area (Å²) in [5.41, 5.74) is 0.356. The smallest absolute Gasteiger partial charge is 0.414 e. The van der Waals surface area contributed by atoms with Crippen molar-refractivity contribution in [3.8, 4) is 5.88 Å². The number of carbonyl (C=O) groups is 2. The van der Waals surface area contributed by atoms with E-state index in [4.69, 9.17) is 9.47 Å². The molecule has 4 aliphatic carbocycles. The number of esters is 1. The lowest BCUT2D eigenvalue weighted by Gasteiger charge is -2.62. The van der Waals surface area contributed by atoms with E-state index in [0.717, 1.165) is 57.8 Å². The number of nitrogens with zero attached hydrogens (tertiary/aromatic N) is 2. The first kappa shape index (κ1) is 38.5. The molecule has 6 rings (SSSR count). The topological polar surface area (TPSA) is 192 Å². The van der Waals surface area contributed by atoms with Crippen molar-refractivity contribution in [1.82, 2.24) is 10.5 Å². The highest BCUT2D eigenvalue weighted by Crippen LogP contribution is 2.68. The molecule has 0 radical (unpaired) electrons. The third-order valence-electron chi connectivity index (χ3n) is 13.5. The van der Waals surface area contributed by atoms with Crippen molar-refractivity contribution in [2.24, 2.45) is 46.3 Å². The van der Waals surface area contributed by atoms with Gasteiger partial charge in [-0.1, -0.05) is 39.0 Å². The van der Waals surface area contributed by atoms with E-state index in [1.807, 2.05) is 0 Å². The molecule has 1 aromatic carbocycles. The van der Waals surface area contributed by atoms with E-state index in [9.17, 15) is 33.4 Å². The quantitative estimate of drug-likeness (QED) is 0.141. The number of nitrogens with one attached hydrogen (secondary N) is 1. The van der Waals surface area contributed by atoms with Gasteiger partial charge in [-0.3, -0.25) is 14.2 Å². The first-order chi connectivity index (χ1) is 24.8. The Kier molecular flexibility index (Phi) is 11.6. The molecule has 0 bridgehead atoms. The predicted molar refractivity (Wildman–Crippen MR) is 187 cm³/mol. The van der Waals surface area contributed by atoms with E-state index in [1.54, 1.807) is 6.07 Å². The zero-order chi connectivity index (χ0) is 37.3. The van der Waals surface area contributed by atoms with Crippen LogP contribution in [0.3, 0.4) is 0 Å². The van der Waals surface area contributed by atoms with Crippen molar-refractivity contribution >= 4 is 21.7 Å². The highest BCUT2D eigenvalue weighted by atomic mass is 32.2. The Hall–Kier alpha value is -3.23. The Morgan fingerprint density at radius 3 is 2.54 bits per heavy atom. The minimum atomic E-state index is -4.23. The molecule has 13 nitrogen and oxygen atoms in total. The number of aromatic nitrogens is 2. The monoisotopic (exact) mass is 745 g/mol. The first-order valence-corrected chi connectivity index (χ1v) is 20.5. The summed E-state index contributed by atoms with van der Waals surface area (Å²) in [6.45, 7) is 7.20. The van der Waals surface area contributed by atoms with Gasteiger partial charge in [0.25, 0.3) is 9.84 Å². The number of aliphatic hydroxyl groups is 2. The predicted octanol–water partition coefficient (Wildman–Crippen LogP) is 4.37. The zero-order valence-electron chi connectivity index (χ0n) is 30.6. The average molecular weight is 746 g/mol. The summed E-state index contributed by atoms with van der Waals surface area (Å²) in [4.78, 5) is 24.7. The van der Waals surface area contributed by atoms with Crippen molar-refractivity contribution in [1.29, 1.82) is 0 Å². The Labute approximate surface area is 306 Å². The molecule has 14 heteroatoms. The molecule has 1 heterocycles. The van der Waals surface area contributed by atoms with Crippen LogP contribution in [0.2, 0.25) is 0 Å². The Balaban J connectivity index is 0.887. The standard InChI is InChI=1S/C38H55N3O10S/c1-24(28-11-12-29-34-30(15-18-38(28,29)3)37(2)17-14-26(42)22-25(37)23-31(34)43)10-13-32(44)39-19-16-33(45)49-20-7-21-50-35-36(41(46)51-40-35)52(47,48)27-8-5-4-6-9-27/h4-6,8-9,24-26,28-31,34,42-43H,7,10-23H2,1-3H3,(H,39,44)/t24-,25+,26-,28-,29+,30+,31+,34?,37+,38-/m1/s1. The molecule has 3 N–H and O–H groups in total. The van der Waals surface area contributed by atoms with Crippen LogP contribution in [0.5, 0.6) is 5.88 Å². The molecule has 10 atom stereocenters. The number of rotatable bonds is 14. The van der Waals surface area contributed by atoms with Crippen LogP contribution in [0.4, 0.5) is 0 Å². The number of sulfone groups is 1. The van der Waals surface area contributed by atoms with Gasteiger partial charge in [0.1, 0.15) is 0 Å². The summed E-state index contributed by atoms with van der Waals surface area (Å²) < 4.78 is 40.7. The second-order valence-corrected chi connectivity index (χ2v) is 18.2. The number of carbonyl (C=O) groups excluding carboxylic acids is 2. The van der Waals surface area contributed by atoms with Crippen molar-refractivity contribution in [3.63, 3.8) is 0 Å². The van der Waals surface area contributed by atoms with Gasteiger partial charge in [0.15, 0.2) is 0 Å². The van der Waals surface area contributed by atoms with Crippen molar-refractivity contribution < 1.29 is 47.2 Å². The van der Waals surface area contributed by atoms with Gasteiger partial charge in [0, 0.05) is 19.4 Å². The Morgan fingerprint density at radius 1 is 1.04 bits per heavy atom. The molecule has 2 aromatic rings. The number of aliphatic hydroxyl groups excluding tert-OH is 2. The van der Waals surface area contributed by atoms with E-state index in [0.29, 0.717) is 41.9 Å². The van der Waals surface area contributed by atoms with Gasteiger partial charge in [-0.15, -0.1) is 0 Å². The van der Waals surface area contributed by atoms with Crippen LogP contribution in [-0.4, -0.2) is 67.6 Å². The molecule has 288 valence electrons. The van der Waals surface area contributed by atoms with Crippen LogP contribution in [-0.2, 0) is 24.2 Å². The fourth-order valence-electron chi connectivity index (χ4n) is 10.9. The summed E-state index contributed by atoms with van der Waals surface area (Å²) in [5, 5.41) is 39.4. The van der Waals surface area contributed by atoms with Crippen LogP contribution < -0.4 is 15.0 Å². The summed E-state index contributed by atoms with van der Waals surface area (Å²) in [7, 11) is -4.23. The summed E-state index contributed by atoms with van der Waals surface area (Å²) in [6, 6.07) is 7.37. The molecular weight excluding hydrogens is 690 g/mol. The second-order valence-electron chi connectivity index (χ2n) is 16.3. The molecule has 1 unspecified atom stereocenters. The summed E-state index contributed by atoms with van der Waals surface area (Å²) in [6.07, 6.45) is 8.93. The highest BCUT2D eigenvalue weighted by molar-refractivity contribution is 7.91. The van der Waals surface area contributed by atoms with E-state index >= 15 is 0 Å². The van der Waals surface area contributed by atoms with Gasteiger partial charge in [-0.2, -0.15) is 0 Å². The largest absolute Gasteiger partial charge is 0.465 e. The van der Waals surface area contributed by atoms with E-state index in [2.05, 4.69) is 35.9 Å². The fourth-order valence-corrected chi connectivity index (χ4v) is 12.1.